The summed E-state index contributed by atoms with van der Waals surface area (Å²) in [7, 11) is 0. The van der Waals surface area contributed by atoms with Crippen molar-refractivity contribution in [3.63, 3.8) is 0 Å². The summed E-state index contributed by atoms with van der Waals surface area (Å²) in [5, 5.41) is 14.7. The molecule has 0 spiro atoms. The number of nitrogens with zero attached hydrogens (tertiary/aromatic N) is 3. The van der Waals surface area contributed by atoms with Crippen LogP contribution in [0.5, 0.6) is 0 Å². The van der Waals surface area contributed by atoms with Gasteiger partial charge in [0.15, 0.2) is 0 Å². The summed E-state index contributed by atoms with van der Waals surface area (Å²) in [6.07, 6.45) is 2.24. The lowest BCUT2D eigenvalue weighted by Crippen LogP contribution is -2.14. The molecule has 0 saturated heterocycles. The molecule has 19 heavy (non-hydrogen) atoms. The molecule has 0 saturated carbocycles. The van der Waals surface area contributed by atoms with Crippen LogP contribution in [0.4, 0.5) is 5.82 Å². The van der Waals surface area contributed by atoms with Crippen LogP contribution in [0.1, 0.15) is 32.9 Å². The van der Waals surface area contributed by atoms with Gasteiger partial charge in [-0.2, -0.15) is 5.10 Å². The molecular formula is C12H18N4O3. The lowest BCUT2D eigenvalue weighted by molar-refractivity contribution is -0.392. The molecule has 1 rings (SSSR count). The van der Waals surface area contributed by atoms with E-state index in [1.54, 1.807) is 10.6 Å². The predicted octanol–water partition coefficient (Wildman–Crippen LogP) is 1.91. The Hall–Kier alpha value is -2.18. The SMILES string of the molecule is CC(=O)NN=Cc1ccc([N+](=O)[O-])n1CCC(C)C. The van der Waals surface area contributed by atoms with Crippen LogP contribution < -0.4 is 5.43 Å². The zero-order valence-corrected chi connectivity index (χ0v) is 11.3. The molecule has 1 aromatic heterocycles. The van der Waals surface area contributed by atoms with Crippen molar-refractivity contribution in [2.45, 2.75) is 33.7 Å². The van der Waals surface area contributed by atoms with E-state index in [0.717, 1.165) is 6.42 Å². The Morgan fingerprint density at radius 1 is 1.58 bits per heavy atom. The smallest absolute Gasteiger partial charge is 0.323 e. The third kappa shape index (κ3) is 4.53. The minimum absolute atomic E-state index is 0.0323. The number of aromatic nitrogens is 1. The number of amides is 1. The van der Waals surface area contributed by atoms with Gasteiger partial charge in [-0.15, -0.1) is 0 Å². The van der Waals surface area contributed by atoms with Crippen LogP contribution in [0.3, 0.4) is 0 Å². The summed E-state index contributed by atoms with van der Waals surface area (Å²) in [6.45, 7) is 6.00. The molecule has 0 radical (unpaired) electrons. The standard InChI is InChI=1S/C12H18N4O3/c1-9(2)6-7-15-11(8-13-14-10(3)17)4-5-12(15)16(18)19/h4-5,8-9H,6-7H2,1-3H3,(H,14,17). The van der Waals surface area contributed by atoms with E-state index in [4.69, 9.17) is 0 Å². The summed E-state index contributed by atoms with van der Waals surface area (Å²) in [6, 6.07) is 3.05. The molecule has 1 heterocycles. The largest absolute Gasteiger partial charge is 0.358 e. The Labute approximate surface area is 111 Å². The van der Waals surface area contributed by atoms with Gasteiger partial charge in [-0.05, 0) is 23.3 Å². The van der Waals surface area contributed by atoms with Crippen molar-refractivity contribution >= 4 is 17.9 Å². The Kier molecular flexibility index (Phi) is 5.23. The Balaban J connectivity index is 2.93. The summed E-state index contributed by atoms with van der Waals surface area (Å²) in [5.74, 6) is 0.193. The number of hydrogen-bond acceptors (Lipinski definition) is 4. The molecule has 104 valence electrons. The first-order valence-electron chi connectivity index (χ1n) is 6.05. The fourth-order valence-electron chi connectivity index (χ4n) is 1.56. The predicted molar refractivity (Wildman–Crippen MR) is 72.0 cm³/mol. The summed E-state index contributed by atoms with van der Waals surface area (Å²) >= 11 is 0. The van der Waals surface area contributed by atoms with Crippen LogP contribution >= 0.6 is 0 Å². The van der Waals surface area contributed by atoms with E-state index in [-0.39, 0.29) is 11.7 Å². The van der Waals surface area contributed by atoms with Crippen molar-refractivity contribution in [3.8, 4) is 0 Å². The third-order valence-corrected chi connectivity index (χ3v) is 2.53. The molecule has 0 aromatic carbocycles. The van der Waals surface area contributed by atoms with Gasteiger partial charge >= 0.3 is 5.82 Å². The van der Waals surface area contributed by atoms with Gasteiger partial charge in [-0.3, -0.25) is 4.79 Å². The fourth-order valence-corrected chi connectivity index (χ4v) is 1.56. The zero-order chi connectivity index (χ0) is 14.4. The van der Waals surface area contributed by atoms with Crippen molar-refractivity contribution in [2.75, 3.05) is 0 Å². The highest BCUT2D eigenvalue weighted by atomic mass is 16.6. The van der Waals surface area contributed by atoms with Crippen LogP contribution in [0.15, 0.2) is 17.2 Å². The van der Waals surface area contributed by atoms with Crippen LogP contribution in [0, 0.1) is 16.0 Å². The summed E-state index contributed by atoms with van der Waals surface area (Å²) in [4.78, 5) is 21.2. The molecule has 0 fully saturated rings. The third-order valence-electron chi connectivity index (χ3n) is 2.53. The van der Waals surface area contributed by atoms with Crippen LogP contribution in [-0.4, -0.2) is 21.6 Å². The maximum atomic E-state index is 10.9. The lowest BCUT2D eigenvalue weighted by atomic mass is 10.1. The van der Waals surface area contributed by atoms with E-state index in [0.29, 0.717) is 18.2 Å². The molecule has 7 nitrogen and oxygen atoms in total. The Morgan fingerprint density at radius 3 is 2.79 bits per heavy atom. The second-order valence-corrected chi connectivity index (χ2v) is 4.63. The first kappa shape index (κ1) is 14.9. The molecule has 0 unspecified atom stereocenters. The van der Waals surface area contributed by atoms with E-state index < -0.39 is 4.92 Å². The average Bonchev–Trinajstić information content (AvgIpc) is 2.69. The van der Waals surface area contributed by atoms with Gasteiger partial charge in [-0.25, -0.2) is 9.99 Å². The highest BCUT2D eigenvalue weighted by Gasteiger charge is 2.17. The quantitative estimate of drug-likeness (QED) is 0.484. The Bertz CT molecular complexity index is 491. The number of rotatable bonds is 6. The maximum absolute atomic E-state index is 10.9. The second kappa shape index (κ2) is 6.67. The number of hydrogen-bond donors (Lipinski definition) is 1. The zero-order valence-electron chi connectivity index (χ0n) is 11.3. The van der Waals surface area contributed by atoms with Crippen molar-refractivity contribution in [1.29, 1.82) is 0 Å². The summed E-state index contributed by atoms with van der Waals surface area (Å²) in [5.41, 5.74) is 2.87. The van der Waals surface area contributed by atoms with Crippen LogP contribution in [-0.2, 0) is 11.3 Å². The van der Waals surface area contributed by atoms with Crippen molar-refractivity contribution in [1.82, 2.24) is 9.99 Å². The topological polar surface area (TPSA) is 89.5 Å². The second-order valence-electron chi connectivity index (χ2n) is 4.63. The van der Waals surface area contributed by atoms with Gasteiger partial charge in [0.1, 0.15) is 5.69 Å². The normalized spacial score (nSPS) is 11.2. The van der Waals surface area contributed by atoms with Gasteiger partial charge in [0.2, 0.25) is 5.91 Å². The lowest BCUT2D eigenvalue weighted by Gasteiger charge is -2.06. The molecule has 0 aliphatic carbocycles. The van der Waals surface area contributed by atoms with E-state index in [1.165, 1.54) is 19.2 Å². The average molecular weight is 266 g/mol. The molecule has 0 atom stereocenters. The van der Waals surface area contributed by atoms with E-state index in [1.807, 2.05) is 0 Å². The van der Waals surface area contributed by atoms with Crippen molar-refractivity contribution < 1.29 is 9.72 Å². The maximum Gasteiger partial charge on any atom is 0.323 e. The number of nitrogens with one attached hydrogen (secondary N) is 1. The molecule has 1 N–H and O–H groups in total. The highest BCUT2D eigenvalue weighted by molar-refractivity contribution is 5.80. The number of hydrazone groups is 1. The molecule has 0 bridgehead atoms. The molecule has 0 aliphatic rings. The minimum Gasteiger partial charge on any atom is -0.358 e. The van der Waals surface area contributed by atoms with Gasteiger partial charge in [0.25, 0.3) is 0 Å². The molecule has 1 aromatic rings. The van der Waals surface area contributed by atoms with Gasteiger partial charge in [0.05, 0.1) is 12.8 Å². The number of carbonyl (C=O) groups excluding carboxylic acids is 1. The fraction of sp³-hybridized carbons (Fsp3) is 0.500. The first-order valence-corrected chi connectivity index (χ1v) is 6.05. The number of carbonyl (C=O) groups is 1. The molecule has 1 amide bonds. The van der Waals surface area contributed by atoms with Crippen molar-refractivity contribution in [2.24, 2.45) is 11.0 Å². The first-order chi connectivity index (χ1) is 8.91. The molecule has 7 heteroatoms. The van der Waals surface area contributed by atoms with Gasteiger partial charge in [-0.1, -0.05) is 13.8 Å². The molecular weight excluding hydrogens is 248 g/mol. The van der Waals surface area contributed by atoms with E-state index >= 15 is 0 Å². The van der Waals surface area contributed by atoms with Gasteiger partial charge in [0, 0.05) is 13.0 Å². The van der Waals surface area contributed by atoms with Crippen LogP contribution in [0.25, 0.3) is 0 Å². The number of nitro groups is 1. The van der Waals surface area contributed by atoms with E-state index in [9.17, 15) is 14.9 Å². The van der Waals surface area contributed by atoms with Crippen molar-refractivity contribution in [3.05, 3.63) is 27.9 Å². The minimum atomic E-state index is -0.421. The summed E-state index contributed by atoms with van der Waals surface area (Å²) < 4.78 is 1.59. The Morgan fingerprint density at radius 2 is 2.26 bits per heavy atom. The monoisotopic (exact) mass is 266 g/mol. The van der Waals surface area contributed by atoms with Crippen LogP contribution in [0.2, 0.25) is 0 Å². The highest BCUT2D eigenvalue weighted by Crippen LogP contribution is 2.18. The van der Waals surface area contributed by atoms with E-state index in [2.05, 4.69) is 24.4 Å². The van der Waals surface area contributed by atoms with Gasteiger partial charge < -0.3 is 10.1 Å². The molecule has 0 aliphatic heterocycles.